The molecular formula is C16H14ClO. The molecule has 0 spiro atoms. The third-order valence-corrected chi connectivity index (χ3v) is 3.60. The van der Waals surface area contributed by atoms with Gasteiger partial charge in [-0.1, -0.05) is 29.8 Å². The van der Waals surface area contributed by atoms with Crippen LogP contribution in [0, 0.1) is 20.5 Å². The Morgan fingerprint density at radius 3 is 2.56 bits per heavy atom. The topological polar surface area (TPSA) is 9.23 Å². The van der Waals surface area contributed by atoms with E-state index in [1.165, 1.54) is 22.3 Å². The number of rotatable bonds is 1. The lowest BCUT2D eigenvalue weighted by Crippen LogP contribution is -1.91. The lowest BCUT2D eigenvalue weighted by atomic mass is 9.93. The smallest absolute Gasteiger partial charge is 0.140 e. The molecule has 0 bridgehead atoms. The Morgan fingerprint density at radius 2 is 1.83 bits per heavy atom. The Hall–Kier alpha value is -1.47. The maximum Gasteiger partial charge on any atom is 0.140 e. The van der Waals surface area contributed by atoms with Crippen LogP contribution in [-0.4, -0.2) is 0 Å². The van der Waals surface area contributed by atoms with Crippen molar-refractivity contribution in [3.05, 3.63) is 58.7 Å². The van der Waals surface area contributed by atoms with Crippen molar-refractivity contribution in [3.8, 4) is 16.9 Å². The molecule has 1 aliphatic rings. The minimum Gasteiger partial charge on any atom is -0.485 e. The van der Waals surface area contributed by atoms with Crippen LogP contribution >= 0.6 is 11.6 Å². The second-order valence-corrected chi connectivity index (χ2v) is 5.13. The van der Waals surface area contributed by atoms with Gasteiger partial charge in [-0.3, -0.25) is 0 Å². The Kier molecular flexibility index (Phi) is 2.79. The molecule has 0 aliphatic carbocycles. The van der Waals surface area contributed by atoms with Crippen molar-refractivity contribution in [2.24, 2.45) is 0 Å². The molecule has 18 heavy (non-hydrogen) atoms. The van der Waals surface area contributed by atoms with Gasteiger partial charge in [0, 0.05) is 22.6 Å². The van der Waals surface area contributed by atoms with Crippen LogP contribution < -0.4 is 4.74 Å². The van der Waals surface area contributed by atoms with Gasteiger partial charge in [-0.15, -0.1) is 0 Å². The molecule has 0 atom stereocenters. The Morgan fingerprint density at radius 1 is 1.11 bits per heavy atom. The zero-order valence-electron chi connectivity index (χ0n) is 10.5. The van der Waals surface area contributed by atoms with Gasteiger partial charge in [0.05, 0.1) is 0 Å². The van der Waals surface area contributed by atoms with Crippen LogP contribution in [0.15, 0.2) is 30.3 Å². The minimum absolute atomic E-state index is 0.769. The zero-order valence-corrected chi connectivity index (χ0v) is 11.2. The summed E-state index contributed by atoms with van der Waals surface area (Å²) in [4.78, 5) is 0. The Bertz CT molecular complexity index is 596. The van der Waals surface area contributed by atoms with Gasteiger partial charge in [-0.2, -0.15) is 0 Å². The lowest BCUT2D eigenvalue weighted by molar-refractivity contribution is 0.436. The fourth-order valence-corrected chi connectivity index (χ4v) is 2.82. The summed E-state index contributed by atoms with van der Waals surface area (Å²) in [5.74, 6) is 0.955. The first-order chi connectivity index (χ1) is 8.66. The predicted octanol–water partition coefficient (Wildman–Crippen LogP) is 4.72. The van der Waals surface area contributed by atoms with E-state index in [0.717, 1.165) is 22.8 Å². The summed E-state index contributed by atoms with van der Waals surface area (Å²) in [7, 11) is 0. The number of benzene rings is 2. The summed E-state index contributed by atoms with van der Waals surface area (Å²) < 4.78 is 5.67. The maximum atomic E-state index is 6.21. The zero-order chi connectivity index (χ0) is 12.7. The third-order valence-electron chi connectivity index (χ3n) is 3.39. The number of fused-ring (bicyclic) bond motifs is 1. The van der Waals surface area contributed by atoms with Crippen molar-refractivity contribution in [3.63, 3.8) is 0 Å². The Labute approximate surface area is 112 Å². The molecule has 0 fully saturated rings. The van der Waals surface area contributed by atoms with Gasteiger partial charge in [0.2, 0.25) is 0 Å². The molecule has 1 radical (unpaired) electrons. The molecule has 2 aromatic rings. The fourth-order valence-electron chi connectivity index (χ4n) is 2.58. The van der Waals surface area contributed by atoms with E-state index in [1.807, 2.05) is 18.7 Å². The molecule has 0 unspecified atom stereocenters. The van der Waals surface area contributed by atoms with Crippen molar-refractivity contribution in [1.82, 2.24) is 0 Å². The molecule has 2 aromatic carbocycles. The Balaban J connectivity index is 2.30. The van der Waals surface area contributed by atoms with Crippen molar-refractivity contribution in [2.75, 3.05) is 0 Å². The van der Waals surface area contributed by atoms with E-state index < -0.39 is 0 Å². The molecule has 1 aliphatic heterocycles. The first kappa shape index (κ1) is 11.6. The maximum absolute atomic E-state index is 6.21. The molecule has 3 rings (SSSR count). The van der Waals surface area contributed by atoms with Gasteiger partial charge in [0.25, 0.3) is 0 Å². The fraction of sp³-hybridized carbons (Fsp3) is 0.188. The van der Waals surface area contributed by atoms with Crippen LogP contribution in [0.2, 0.25) is 5.02 Å². The summed E-state index contributed by atoms with van der Waals surface area (Å²) >= 11 is 6.21. The quantitative estimate of drug-likeness (QED) is 0.718. The normalized spacial score (nSPS) is 13.3. The average Bonchev–Trinajstić information content (AvgIpc) is 2.76. The molecule has 1 heterocycles. The first-order valence-electron chi connectivity index (χ1n) is 6.04. The lowest BCUT2D eigenvalue weighted by Gasteiger charge is -2.14. The molecule has 0 aromatic heterocycles. The predicted molar refractivity (Wildman–Crippen MR) is 75.0 cm³/mol. The van der Waals surface area contributed by atoms with Crippen molar-refractivity contribution >= 4 is 11.6 Å². The van der Waals surface area contributed by atoms with E-state index >= 15 is 0 Å². The number of halogens is 1. The minimum atomic E-state index is 0.769. The largest absolute Gasteiger partial charge is 0.485 e. The molecule has 0 amide bonds. The summed E-state index contributed by atoms with van der Waals surface area (Å²) in [5, 5.41) is 0.769. The molecular weight excluding hydrogens is 244 g/mol. The molecule has 0 saturated carbocycles. The SMILES string of the molecule is Cc1cccc(C)c1-c1cc(Cl)cc2c1O[CH]C2. The van der Waals surface area contributed by atoms with Crippen LogP contribution in [0.5, 0.6) is 5.75 Å². The summed E-state index contributed by atoms with van der Waals surface area (Å²) in [6, 6.07) is 10.3. The van der Waals surface area contributed by atoms with Crippen LogP contribution in [-0.2, 0) is 6.42 Å². The highest BCUT2D eigenvalue weighted by Gasteiger charge is 2.20. The highest BCUT2D eigenvalue weighted by molar-refractivity contribution is 6.31. The summed E-state index contributed by atoms with van der Waals surface area (Å²) in [6.45, 7) is 6.07. The van der Waals surface area contributed by atoms with E-state index in [1.54, 1.807) is 0 Å². The number of ether oxygens (including phenoxy) is 1. The van der Waals surface area contributed by atoms with Gasteiger partial charge in [0.15, 0.2) is 0 Å². The van der Waals surface area contributed by atoms with Gasteiger partial charge in [-0.05, 0) is 42.7 Å². The second-order valence-electron chi connectivity index (χ2n) is 4.70. The number of hydrogen-bond donors (Lipinski definition) is 0. The molecule has 91 valence electrons. The van der Waals surface area contributed by atoms with Crippen LogP contribution in [0.3, 0.4) is 0 Å². The second kappa shape index (κ2) is 4.33. The number of hydrogen-bond acceptors (Lipinski definition) is 1. The first-order valence-corrected chi connectivity index (χ1v) is 6.42. The van der Waals surface area contributed by atoms with Crippen molar-refractivity contribution in [1.29, 1.82) is 0 Å². The molecule has 2 heteroatoms. The van der Waals surface area contributed by atoms with E-state index in [9.17, 15) is 0 Å². The van der Waals surface area contributed by atoms with E-state index in [0.29, 0.717) is 0 Å². The summed E-state index contributed by atoms with van der Waals surface area (Å²) in [5.41, 5.74) is 5.98. The van der Waals surface area contributed by atoms with E-state index in [-0.39, 0.29) is 0 Å². The van der Waals surface area contributed by atoms with E-state index in [4.69, 9.17) is 16.3 Å². The molecule has 1 nitrogen and oxygen atoms in total. The van der Waals surface area contributed by atoms with Crippen molar-refractivity contribution < 1.29 is 4.74 Å². The average molecular weight is 258 g/mol. The summed E-state index contributed by atoms with van der Waals surface area (Å²) in [6.07, 6.45) is 0.827. The van der Waals surface area contributed by atoms with Crippen LogP contribution in [0.25, 0.3) is 11.1 Å². The standard InChI is InChI=1S/C16H14ClO/c1-10-4-3-5-11(2)15(10)14-9-13(17)8-12-6-7-18-16(12)14/h3-5,7-9H,6H2,1-2H3. The van der Waals surface area contributed by atoms with Crippen molar-refractivity contribution in [2.45, 2.75) is 20.3 Å². The van der Waals surface area contributed by atoms with Gasteiger partial charge in [-0.25, -0.2) is 0 Å². The highest BCUT2D eigenvalue weighted by Crippen LogP contribution is 2.42. The van der Waals surface area contributed by atoms with Gasteiger partial charge >= 0.3 is 0 Å². The van der Waals surface area contributed by atoms with Gasteiger partial charge < -0.3 is 4.74 Å². The van der Waals surface area contributed by atoms with Crippen LogP contribution in [0.4, 0.5) is 0 Å². The number of aryl methyl sites for hydroxylation is 2. The van der Waals surface area contributed by atoms with Gasteiger partial charge in [0.1, 0.15) is 12.4 Å². The van der Waals surface area contributed by atoms with Crippen LogP contribution in [0.1, 0.15) is 16.7 Å². The monoisotopic (exact) mass is 257 g/mol. The highest BCUT2D eigenvalue weighted by atomic mass is 35.5. The third kappa shape index (κ3) is 1.79. The van der Waals surface area contributed by atoms with E-state index in [2.05, 4.69) is 32.0 Å². The molecule has 0 N–H and O–H groups in total. The molecule has 0 saturated heterocycles.